The Morgan fingerprint density at radius 1 is 1.50 bits per heavy atom. The first-order chi connectivity index (χ1) is 5.55. The van der Waals surface area contributed by atoms with E-state index in [9.17, 15) is 8.42 Å². The fraction of sp³-hybridized carbons (Fsp3) is 1.00. The molecule has 1 saturated heterocycles. The minimum absolute atomic E-state index is 0.0341. The van der Waals surface area contributed by atoms with Crippen LogP contribution in [0.4, 0.5) is 0 Å². The van der Waals surface area contributed by atoms with Gasteiger partial charge in [-0.25, -0.2) is 4.72 Å². The van der Waals surface area contributed by atoms with E-state index >= 15 is 0 Å². The van der Waals surface area contributed by atoms with Crippen molar-refractivity contribution in [3.05, 3.63) is 0 Å². The first-order valence-corrected chi connectivity index (χ1v) is 5.36. The van der Waals surface area contributed by atoms with E-state index in [0.717, 1.165) is 6.42 Å². The summed E-state index contributed by atoms with van der Waals surface area (Å²) in [5, 5.41) is 0. The van der Waals surface area contributed by atoms with Crippen molar-refractivity contribution in [3.63, 3.8) is 0 Å². The minimum Gasteiger partial charge on any atom is -0.377 e. The van der Waals surface area contributed by atoms with Crippen molar-refractivity contribution < 1.29 is 13.2 Å². The van der Waals surface area contributed by atoms with Gasteiger partial charge in [0, 0.05) is 13.7 Å². The Labute approximate surface area is 72.7 Å². The van der Waals surface area contributed by atoms with Crippen molar-refractivity contribution in [1.29, 1.82) is 0 Å². The lowest BCUT2D eigenvalue weighted by atomic mass is 10.2. The van der Waals surface area contributed by atoms with Gasteiger partial charge in [0.05, 0.1) is 12.1 Å². The Morgan fingerprint density at radius 2 is 2.17 bits per heavy atom. The maximum absolute atomic E-state index is 11.0. The lowest BCUT2D eigenvalue weighted by Crippen LogP contribution is -2.44. The second-order valence-electron chi connectivity index (χ2n) is 2.80. The van der Waals surface area contributed by atoms with Crippen LogP contribution in [0.5, 0.6) is 0 Å². The summed E-state index contributed by atoms with van der Waals surface area (Å²) in [4.78, 5) is 0. The maximum atomic E-state index is 11.0. The maximum Gasteiger partial charge on any atom is 0.276 e. The van der Waals surface area contributed by atoms with Crippen LogP contribution in [0.1, 0.15) is 13.3 Å². The summed E-state index contributed by atoms with van der Waals surface area (Å²) in [6.07, 6.45) is 0.704. The van der Waals surface area contributed by atoms with Crippen molar-refractivity contribution in [1.82, 2.24) is 9.44 Å². The van der Waals surface area contributed by atoms with E-state index in [1.54, 1.807) is 0 Å². The molecule has 6 heteroatoms. The van der Waals surface area contributed by atoms with Crippen molar-refractivity contribution in [2.45, 2.75) is 25.5 Å². The molecule has 2 atom stereocenters. The number of ether oxygens (including phenoxy) is 1. The third-order valence-electron chi connectivity index (χ3n) is 1.95. The molecule has 0 aromatic heterocycles. The van der Waals surface area contributed by atoms with Crippen LogP contribution in [0.3, 0.4) is 0 Å². The summed E-state index contributed by atoms with van der Waals surface area (Å²) < 4.78 is 31.9. The van der Waals surface area contributed by atoms with Crippen LogP contribution in [0.25, 0.3) is 0 Å². The predicted molar refractivity (Wildman–Crippen MR) is 44.9 cm³/mol. The van der Waals surface area contributed by atoms with E-state index in [-0.39, 0.29) is 12.1 Å². The molecule has 1 heterocycles. The second-order valence-corrected chi connectivity index (χ2v) is 4.45. The highest BCUT2D eigenvalue weighted by atomic mass is 32.2. The molecule has 1 rings (SSSR count). The molecule has 0 spiro atoms. The average molecular weight is 194 g/mol. The molecule has 72 valence electrons. The van der Waals surface area contributed by atoms with E-state index in [1.165, 1.54) is 7.05 Å². The van der Waals surface area contributed by atoms with Crippen LogP contribution >= 0.6 is 0 Å². The van der Waals surface area contributed by atoms with Gasteiger partial charge in [0.2, 0.25) is 0 Å². The molecule has 0 amide bonds. The fourth-order valence-electron chi connectivity index (χ4n) is 1.14. The summed E-state index contributed by atoms with van der Waals surface area (Å²) in [7, 11) is -1.94. The van der Waals surface area contributed by atoms with Gasteiger partial charge in [-0.2, -0.15) is 13.1 Å². The highest BCUT2D eigenvalue weighted by molar-refractivity contribution is 7.87. The summed E-state index contributed by atoms with van der Waals surface area (Å²) in [6.45, 7) is 2.48. The molecular weight excluding hydrogens is 180 g/mol. The van der Waals surface area contributed by atoms with Crippen LogP contribution < -0.4 is 9.44 Å². The highest BCUT2D eigenvalue weighted by Gasteiger charge is 2.27. The number of nitrogens with one attached hydrogen (secondary N) is 2. The van der Waals surface area contributed by atoms with Crippen molar-refractivity contribution in [2.75, 3.05) is 13.7 Å². The normalized spacial score (nSPS) is 30.8. The molecule has 0 aliphatic carbocycles. The van der Waals surface area contributed by atoms with E-state index in [0.29, 0.717) is 6.61 Å². The van der Waals surface area contributed by atoms with Gasteiger partial charge in [-0.15, -0.1) is 0 Å². The Kier molecular flexibility index (Phi) is 3.05. The predicted octanol–water partition coefficient (Wildman–Crippen LogP) is -0.782. The smallest absolute Gasteiger partial charge is 0.276 e. The Hall–Kier alpha value is -0.170. The van der Waals surface area contributed by atoms with Gasteiger partial charge in [0.15, 0.2) is 0 Å². The first-order valence-electron chi connectivity index (χ1n) is 3.87. The monoisotopic (exact) mass is 194 g/mol. The molecule has 12 heavy (non-hydrogen) atoms. The quantitative estimate of drug-likeness (QED) is 0.619. The SMILES string of the molecule is CNS(=O)(=O)N[C@@H]1CCO[C@@H]1C. The number of hydrogen-bond donors (Lipinski definition) is 2. The van der Waals surface area contributed by atoms with Crippen LogP contribution in [-0.2, 0) is 14.9 Å². The molecule has 5 nitrogen and oxygen atoms in total. The van der Waals surface area contributed by atoms with E-state index in [2.05, 4.69) is 9.44 Å². The topological polar surface area (TPSA) is 67.4 Å². The van der Waals surface area contributed by atoms with Gasteiger partial charge in [-0.05, 0) is 13.3 Å². The molecule has 0 aromatic rings. The van der Waals surface area contributed by atoms with E-state index < -0.39 is 10.2 Å². The number of hydrogen-bond acceptors (Lipinski definition) is 3. The van der Waals surface area contributed by atoms with Gasteiger partial charge < -0.3 is 4.74 Å². The largest absolute Gasteiger partial charge is 0.377 e. The third kappa shape index (κ3) is 2.41. The third-order valence-corrected chi connectivity index (χ3v) is 3.10. The lowest BCUT2D eigenvalue weighted by Gasteiger charge is -2.14. The lowest BCUT2D eigenvalue weighted by molar-refractivity contribution is 0.116. The molecule has 1 fully saturated rings. The standard InChI is InChI=1S/C6H14N2O3S/c1-5-6(3-4-11-5)8-12(9,10)7-2/h5-8H,3-4H2,1-2H3/t5-,6-/m1/s1. The van der Waals surface area contributed by atoms with Gasteiger partial charge in [0.1, 0.15) is 0 Å². The van der Waals surface area contributed by atoms with E-state index in [4.69, 9.17) is 4.74 Å². The summed E-state index contributed by atoms with van der Waals surface area (Å²) >= 11 is 0. The zero-order chi connectivity index (χ0) is 9.19. The fourth-order valence-corrected chi connectivity index (χ4v) is 1.97. The number of rotatable bonds is 3. The van der Waals surface area contributed by atoms with Crippen molar-refractivity contribution in [3.8, 4) is 0 Å². The summed E-state index contributed by atoms with van der Waals surface area (Å²) in [5.41, 5.74) is 0. The molecule has 0 bridgehead atoms. The van der Waals surface area contributed by atoms with Crippen molar-refractivity contribution >= 4 is 10.2 Å². The molecular formula is C6H14N2O3S. The van der Waals surface area contributed by atoms with Gasteiger partial charge in [-0.3, -0.25) is 0 Å². The summed E-state index contributed by atoms with van der Waals surface area (Å²) in [6, 6.07) is -0.0950. The van der Waals surface area contributed by atoms with Crippen LogP contribution in [0, 0.1) is 0 Å². The molecule has 2 N–H and O–H groups in total. The van der Waals surface area contributed by atoms with Crippen LogP contribution in [-0.4, -0.2) is 34.2 Å². The van der Waals surface area contributed by atoms with Crippen LogP contribution in [0.15, 0.2) is 0 Å². The Balaban J connectivity index is 2.51. The average Bonchev–Trinajstić information content (AvgIpc) is 2.36. The highest BCUT2D eigenvalue weighted by Crippen LogP contribution is 2.12. The minimum atomic E-state index is -3.32. The van der Waals surface area contributed by atoms with Crippen molar-refractivity contribution in [2.24, 2.45) is 0 Å². The zero-order valence-electron chi connectivity index (χ0n) is 7.20. The summed E-state index contributed by atoms with van der Waals surface area (Å²) in [5.74, 6) is 0. The molecule has 0 aromatic carbocycles. The Morgan fingerprint density at radius 3 is 2.58 bits per heavy atom. The molecule has 0 unspecified atom stereocenters. The van der Waals surface area contributed by atoms with Gasteiger partial charge in [-0.1, -0.05) is 0 Å². The molecule has 1 aliphatic heterocycles. The van der Waals surface area contributed by atoms with Crippen LogP contribution in [0.2, 0.25) is 0 Å². The zero-order valence-corrected chi connectivity index (χ0v) is 8.02. The second kappa shape index (κ2) is 3.69. The first kappa shape index (κ1) is 9.91. The molecule has 0 radical (unpaired) electrons. The van der Waals surface area contributed by atoms with Gasteiger partial charge in [0.25, 0.3) is 10.2 Å². The Bertz CT molecular complexity index is 239. The molecule has 0 saturated carbocycles. The van der Waals surface area contributed by atoms with E-state index in [1.807, 2.05) is 6.92 Å². The molecule has 1 aliphatic rings. The van der Waals surface area contributed by atoms with Gasteiger partial charge >= 0.3 is 0 Å².